The first-order valence-electron chi connectivity index (χ1n) is 10.8. The summed E-state index contributed by atoms with van der Waals surface area (Å²) >= 11 is 0. The number of morpholine rings is 1. The van der Waals surface area contributed by atoms with Gasteiger partial charge in [0.15, 0.2) is 0 Å². The first-order valence-corrected chi connectivity index (χ1v) is 10.8. The zero-order valence-corrected chi connectivity index (χ0v) is 16.7. The summed E-state index contributed by atoms with van der Waals surface area (Å²) in [6.45, 7) is 7.50. The van der Waals surface area contributed by atoms with E-state index in [-0.39, 0.29) is 11.7 Å². The number of ether oxygens (including phenoxy) is 1. The van der Waals surface area contributed by atoms with Crippen LogP contribution in [0.25, 0.3) is 0 Å². The molecule has 0 radical (unpaired) electrons. The fourth-order valence-corrected chi connectivity index (χ4v) is 4.89. The second-order valence-corrected chi connectivity index (χ2v) is 8.37. The molecule has 3 heterocycles. The Balaban J connectivity index is 1.27. The van der Waals surface area contributed by atoms with Crippen molar-refractivity contribution in [3.63, 3.8) is 0 Å². The van der Waals surface area contributed by atoms with Crippen molar-refractivity contribution in [2.24, 2.45) is 5.92 Å². The molecule has 1 aromatic rings. The standard InChI is InChI=1S/C22H32FN3O2/c23-21-6-2-1-4-18(21)16-24-10-7-20(8-11-24)26-9-3-5-19(17-26)22(27)25-12-14-28-15-13-25/h1-2,4,6,19-20H,3,5,7-17H2. The lowest BCUT2D eigenvalue weighted by Gasteiger charge is -2.43. The van der Waals surface area contributed by atoms with E-state index in [0.29, 0.717) is 31.7 Å². The number of hydrogen-bond donors (Lipinski definition) is 0. The van der Waals surface area contributed by atoms with E-state index in [2.05, 4.69) is 9.80 Å². The number of hydrogen-bond acceptors (Lipinski definition) is 4. The molecule has 3 fully saturated rings. The van der Waals surface area contributed by atoms with Gasteiger partial charge in [0.05, 0.1) is 19.1 Å². The minimum atomic E-state index is -0.106. The number of likely N-dealkylation sites (tertiary alicyclic amines) is 2. The van der Waals surface area contributed by atoms with Gasteiger partial charge >= 0.3 is 0 Å². The van der Waals surface area contributed by atoms with Crippen LogP contribution < -0.4 is 0 Å². The Kier molecular flexibility index (Phi) is 6.60. The van der Waals surface area contributed by atoms with Crippen molar-refractivity contribution in [2.75, 3.05) is 52.5 Å². The molecule has 1 aromatic carbocycles. The maximum Gasteiger partial charge on any atom is 0.227 e. The van der Waals surface area contributed by atoms with Crippen molar-refractivity contribution in [3.05, 3.63) is 35.6 Å². The normalized spacial score (nSPS) is 25.8. The number of benzene rings is 1. The van der Waals surface area contributed by atoms with Crippen LogP contribution in [0.15, 0.2) is 24.3 Å². The first kappa shape index (κ1) is 19.8. The van der Waals surface area contributed by atoms with Gasteiger partial charge in [-0.25, -0.2) is 4.39 Å². The largest absolute Gasteiger partial charge is 0.378 e. The fraction of sp³-hybridized carbons (Fsp3) is 0.682. The van der Waals surface area contributed by atoms with E-state index in [1.54, 1.807) is 12.1 Å². The van der Waals surface area contributed by atoms with E-state index < -0.39 is 0 Å². The first-order chi connectivity index (χ1) is 13.7. The number of carbonyl (C=O) groups excluding carboxylic acids is 1. The van der Waals surface area contributed by atoms with Crippen LogP contribution in [-0.4, -0.2) is 79.1 Å². The van der Waals surface area contributed by atoms with Gasteiger partial charge in [-0.05, 0) is 51.4 Å². The van der Waals surface area contributed by atoms with E-state index in [9.17, 15) is 9.18 Å². The molecule has 3 aliphatic heterocycles. The maximum absolute atomic E-state index is 13.9. The zero-order valence-electron chi connectivity index (χ0n) is 16.7. The highest BCUT2D eigenvalue weighted by Crippen LogP contribution is 2.26. The third-order valence-corrected chi connectivity index (χ3v) is 6.55. The van der Waals surface area contributed by atoms with Crippen LogP contribution in [0.5, 0.6) is 0 Å². The summed E-state index contributed by atoms with van der Waals surface area (Å²) in [5.41, 5.74) is 0.787. The van der Waals surface area contributed by atoms with Crippen LogP contribution in [0.4, 0.5) is 4.39 Å². The molecule has 3 aliphatic rings. The van der Waals surface area contributed by atoms with Gasteiger partial charge in [-0.15, -0.1) is 0 Å². The summed E-state index contributed by atoms with van der Waals surface area (Å²) in [4.78, 5) is 19.8. The van der Waals surface area contributed by atoms with Gasteiger partial charge in [0.25, 0.3) is 0 Å². The fourth-order valence-electron chi connectivity index (χ4n) is 4.89. The summed E-state index contributed by atoms with van der Waals surface area (Å²) in [6.07, 6.45) is 4.33. The molecule has 0 aromatic heterocycles. The third-order valence-electron chi connectivity index (χ3n) is 6.55. The van der Waals surface area contributed by atoms with E-state index in [4.69, 9.17) is 4.74 Å². The molecule has 28 heavy (non-hydrogen) atoms. The Morgan fingerprint density at radius 1 is 1.04 bits per heavy atom. The Hall–Kier alpha value is -1.50. The minimum absolute atomic E-state index is 0.106. The predicted octanol–water partition coefficient (Wildman–Crippen LogP) is 2.36. The molecule has 0 saturated carbocycles. The van der Waals surface area contributed by atoms with Gasteiger partial charge in [0.2, 0.25) is 5.91 Å². The van der Waals surface area contributed by atoms with Crippen molar-refractivity contribution in [2.45, 2.75) is 38.3 Å². The average Bonchev–Trinajstić information content (AvgIpc) is 2.76. The molecule has 154 valence electrons. The van der Waals surface area contributed by atoms with Gasteiger partial charge in [-0.3, -0.25) is 14.6 Å². The topological polar surface area (TPSA) is 36.0 Å². The average molecular weight is 390 g/mol. The maximum atomic E-state index is 13.9. The molecule has 0 aliphatic carbocycles. The molecule has 1 unspecified atom stereocenters. The summed E-state index contributed by atoms with van der Waals surface area (Å²) in [5, 5.41) is 0. The molecule has 1 amide bonds. The second-order valence-electron chi connectivity index (χ2n) is 8.37. The molecule has 0 N–H and O–H groups in total. The summed E-state index contributed by atoms with van der Waals surface area (Å²) in [7, 11) is 0. The minimum Gasteiger partial charge on any atom is -0.378 e. The summed E-state index contributed by atoms with van der Waals surface area (Å²) < 4.78 is 19.3. The van der Waals surface area contributed by atoms with E-state index in [1.807, 2.05) is 17.0 Å². The van der Waals surface area contributed by atoms with Crippen molar-refractivity contribution in [1.82, 2.24) is 14.7 Å². The number of nitrogens with zero attached hydrogens (tertiary/aromatic N) is 3. The lowest BCUT2D eigenvalue weighted by molar-refractivity contribution is -0.142. The molecule has 5 nitrogen and oxygen atoms in total. The number of amides is 1. The van der Waals surface area contributed by atoms with E-state index >= 15 is 0 Å². The third kappa shape index (κ3) is 4.73. The number of piperidine rings is 2. The van der Waals surface area contributed by atoms with Crippen LogP contribution in [0.2, 0.25) is 0 Å². The zero-order chi connectivity index (χ0) is 19.3. The SMILES string of the molecule is O=C(C1CCCN(C2CCN(Cc3ccccc3F)CC2)C1)N1CCOCC1. The highest BCUT2D eigenvalue weighted by atomic mass is 19.1. The van der Waals surface area contributed by atoms with Crippen LogP contribution in [-0.2, 0) is 16.1 Å². The molecule has 3 saturated heterocycles. The van der Waals surface area contributed by atoms with Gasteiger partial charge in [0.1, 0.15) is 5.82 Å². The molecular formula is C22H32FN3O2. The second kappa shape index (κ2) is 9.33. The lowest BCUT2D eigenvalue weighted by Crippen LogP contribution is -2.52. The Morgan fingerprint density at radius 2 is 1.79 bits per heavy atom. The van der Waals surface area contributed by atoms with Crippen LogP contribution >= 0.6 is 0 Å². The van der Waals surface area contributed by atoms with Gasteiger partial charge in [-0.1, -0.05) is 18.2 Å². The molecule has 6 heteroatoms. The van der Waals surface area contributed by atoms with Gasteiger partial charge < -0.3 is 9.64 Å². The summed E-state index contributed by atoms with van der Waals surface area (Å²) in [6, 6.07) is 7.63. The molecule has 0 spiro atoms. The van der Waals surface area contributed by atoms with Crippen molar-refractivity contribution in [1.29, 1.82) is 0 Å². The predicted molar refractivity (Wildman–Crippen MR) is 106 cm³/mol. The molecular weight excluding hydrogens is 357 g/mol. The van der Waals surface area contributed by atoms with Crippen molar-refractivity contribution < 1.29 is 13.9 Å². The summed E-state index contributed by atoms with van der Waals surface area (Å²) in [5.74, 6) is 0.360. The molecule has 1 atom stereocenters. The Morgan fingerprint density at radius 3 is 2.54 bits per heavy atom. The van der Waals surface area contributed by atoms with Gasteiger partial charge in [0, 0.05) is 37.8 Å². The van der Waals surface area contributed by atoms with E-state index in [0.717, 1.165) is 70.5 Å². The van der Waals surface area contributed by atoms with Crippen LogP contribution in [0, 0.1) is 11.7 Å². The number of rotatable bonds is 4. The van der Waals surface area contributed by atoms with Crippen LogP contribution in [0.1, 0.15) is 31.2 Å². The van der Waals surface area contributed by atoms with E-state index in [1.165, 1.54) is 0 Å². The van der Waals surface area contributed by atoms with Crippen molar-refractivity contribution >= 4 is 5.91 Å². The highest BCUT2D eigenvalue weighted by Gasteiger charge is 2.33. The molecule has 4 rings (SSSR count). The molecule has 0 bridgehead atoms. The Bertz CT molecular complexity index is 657. The highest BCUT2D eigenvalue weighted by molar-refractivity contribution is 5.79. The smallest absolute Gasteiger partial charge is 0.227 e. The number of halogens is 1. The number of carbonyl (C=O) groups is 1. The van der Waals surface area contributed by atoms with Crippen molar-refractivity contribution in [3.8, 4) is 0 Å². The Labute approximate surface area is 167 Å². The monoisotopic (exact) mass is 389 g/mol. The van der Waals surface area contributed by atoms with Gasteiger partial charge in [-0.2, -0.15) is 0 Å². The lowest BCUT2D eigenvalue weighted by atomic mass is 9.92. The quantitative estimate of drug-likeness (QED) is 0.792. The van der Waals surface area contributed by atoms with Crippen LogP contribution in [0.3, 0.4) is 0 Å².